The molecule has 0 radical (unpaired) electrons. The Kier molecular flexibility index (Phi) is 6.07. The van der Waals surface area contributed by atoms with E-state index in [2.05, 4.69) is 16.9 Å². The van der Waals surface area contributed by atoms with Crippen molar-refractivity contribution in [1.29, 1.82) is 0 Å². The van der Waals surface area contributed by atoms with Crippen molar-refractivity contribution in [1.82, 2.24) is 24.4 Å². The molecule has 0 unspecified atom stereocenters. The molecular formula is C23H27N5O2. The van der Waals surface area contributed by atoms with Crippen molar-refractivity contribution in [3.8, 4) is 11.6 Å². The lowest BCUT2D eigenvalue weighted by Crippen LogP contribution is -2.39. The second-order valence-corrected chi connectivity index (χ2v) is 7.55. The first-order valence-corrected chi connectivity index (χ1v) is 10.4. The molecule has 2 aromatic heterocycles. The number of piperidine rings is 1. The molecule has 1 saturated heterocycles. The second kappa shape index (κ2) is 9.07. The van der Waals surface area contributed by atoms with E-state index in [1.165, 1.54) is 0 Å². The van der Waals surface area contributed by atoms with Crippen LogP contribution in [0.2, 0.25) is 0 Å². The summed E-state index contributed by atoms with van der Waals surface area (Å²) in [5.41, 5.74) is 2.00. The zero-order valence-electron chi connectivity index (χ0n) is 17.5. The number of hydrogen-bond acceptors (Lipinski definition) is 5. The molecule has 0 aliphatic carbocycles. The summed E-state index contributed by atoms with van der Waals surface area (Å²) in [6.07, 6.45) is 10.4. The number of amides is 1. The maximum Gasteiger partial charge on any atom is 0.226 e. The molecule has 4 rings (SSSR count). The van der Waals surface area contributed by atoms with Gasteiger partial charge in [-0.3, -0.25) is 14.3 Å². The maximum atomic E-state index is 12.7. The highest BCUT2D eigenvalue weighted by molar-refractivity contribution is 5.79. The summed E-state index contributed by atoms with van der Waals surface area (Å²) in [6, 6.07) is 7.69. The highest BCUT2D eigenvalue weighted by Gasteiger charge is 2.25. The molecule has 3 aromatic rings. The van der Waals surface area contributed by atoms with E-state index in [0.717, 1.165) is 61.0 Å². The van der Waals surface area contributed by atoms with Gasteiger partial charge in [0.05, 0.1) is 25.4 Å². The Labute approximate surface area is 176 Å². The quantitative estimate of drug-likeness (QED) is 0.630. The normalized spacial score (nSPS) is 14.7. The Morgan fingerprint density at radius 1 is 1.17 bits per heavy atom. The van der Waals surface area contributed by atoms with Gasteiger partial charge in [0.1, 0.15) is 11.6 Å². The van der Waals surface area contributed by atoms with Crippen molar-refractivity contribution in [3.05, 3.63) is 66.1 Å². The number of nitrogens with zero attached hydrogens (tertiary/aromatic N) is 5. The fourth-order valence-electron chi connectivity index (χ4n) is 3.94. The number of carbonyl (C=O) groups excluding carboxylic acids is 1. The minimum absolute atomic E-state index is 0.171. The van der Waals surface area contributed by atoms with Gasteiger partial charge < -0.3 is 9.64 Å². The van der Waals surface area contributed by atoms with Gasteiger partial charge in [0, 0.05) is 44.0 Å². The summed E-state index contributed by atoms with van der Waals surface area (Å²) in [7, 11) is 1.64. The van der Waals surface area contributed by atoms with Crippen molar-refractivity contribution >= 4 is 5.91 Å². The van der Waals surface area contributed by atoms with Crippen LogP contribution in [0.1, 0.15) is 42.8 Å². The van der Waals surface area contributed by atoms with Crippen molar-refractivity contribution in [3.63, 3.8) is 0 Å². The van der Waals surface area contributed by atoms with Crippen LogP contribution >= 0.6 is 0 Å². The number of benzene rings is 1. The van der Waals surface area contributed by atoms with E-state index >= 15 is 0 Å². The van der Waals surface area contributed by atoms with Gasteiger partial charge in [-0.15, -0.1) is 0 Å². The molecule has 1 fully saturated rings. The summed E-state index contributed by atoms with van der Waals surface area (Å²) in [5, 5.41) is 0. The fourth-order valence-corrected chi connectivity index (χ4v) is 3.94. The minimum Gasteiger partial charge on any atom is -0.497 e. The molecule has 0 atom stereocenters. The molecule has 0 saturated carbocycles. The molecule has 1 amide bonds. The van der Waals surface area contributed by atoms with Crippen LogP contribution < -0.4 is 4.74 Å². The van der Waals surface area contributed by atoms with Crippen molar-refractivity contribution < 1.29 is 9.53 Å². The van der Waals surface area contributed by atoms with Crippen molar-refractivity contribution in [2.24, 2.45) is 0 Å². The Morgan fingerprint density at radius 3 is 2.63 bits per heavy atom. The third kappa shape index (κ3) is 4.35. The molecule has 3 heterocycles. The van der Waals surface area contributed by atoms with E-state index < -0.39 is 0 Å². The largest absolute Gasteiger partial charge is 0.497 e. The van der Waals surface area contributed by atoms with Gasteiger partial charge in [-0.05, 0) is 30.5 Å². The topological polar surface area (TPSA) is 73.1 Å². The van der Waals surface area contributed by atoms with Gasteiger partial charge in [-0.25, -0.2) is 9.97 Å². The summed E-state index contributed by atoms with van der Waals surface area (Å²) in [5.74, 6) is 3.07. The molecule has 1 aliphatic rings. The van der Waals surface area contributed by atoms with E-state index in [9.17, 15) is 4.79 Å². The van der Waals surface area contributed by atoms with Crippen LogP contribution in [0, 0.1) is 0 Å². The Bertz CT molecular complexity index is 991. The lowest BCUT2D eigenvalue weighted by Gasteiger charge is -2.32. The molecule has 0 spiro atoms. The number of ether oxygens (including phenoxy) is 1. The maximum absolute atomic E-state index is 12.7. The van der Waals surface area contributed by atoms with E-state index in [1.807, 2.05) is 46.1 Å². The van der Waals surface area contributed by atoms with E-state index in [4.69, 9.17) is 9.72 Å². The average Bonchev–Trinajstić information content (AvgIpc) is 3.29. The predicted molar refractivity (Wildman–Crippen MR) is 114 cm³/mol. The van der Waals surface area contributed by atoms with Gasteiger partial charge in [-0.2, -0.15) is 0 Å². The summed E-state index contributed by atoms with van der Waals surface area (Å²) >= 11 is 0. The zero-order valence-corrected chi connectivity index (χ0v) is 17.5. The number of aryl methyl sites for hydroxylation is 1. The lowest BCUT2D eigenvalue weighted by atomic mass is 9.93. The van der Waals surface area contributed by atoms with Crippen LogP contribution in [0.25, 0.3) is 5.82 Å². The molecule has 30 heavy (non-hydrogen) atoms. The number of carbonyl (C=O) groups is 1. The standard InChI is InChI=1S/C23H27N5O2/c1-3-21-25-10-13-28(21)22-16-24-15-20(26-22)18-8-11-27(12-9-18)23(29)14-17-4-6-19(30-2)7-5-17/h4-7,10,13,15-16,18H,3,8-9,11-12,14H2,1-2H3. The van der Waals surface area contributed by atoms with Crippen LogP contribution in [0.15, 0.2) is 49.1 Å². The fraction of sp³-hybridized carbons (Fsp3) is 0.391. The molecule has 0 N–H and O–H groups in total. The number of rotatable bonds is 6. The highest BCUT2D eigenvalue weighted by atomic mass is 16.5. The summed E-state index contributed by atoms with van der Waals surface area (Å²) < 4.78 is 7.17. The number of likely N-dealkylation sites (tertiary alicyclic amines) is 1. The molecule has 7 nitrogen and oxygen atoms in total. The van der Waals surface area contributed by atoms with Crippen LogP contribution in [0.5, 0.6) is 5.75 Å². The van der Waals surface area contributed by atoms with Gasteiger partial charge >= 0.3 is 0 Å². The minimum atomic E-state index is 0.171. The number of imidazole rings is 1. The summed E-state index contributed by atoms with van der Waals surface area (Å²) in [4.78, 5) is 28.3. The Hall–Kier alpha value is -3.22. The van der Waals surface area contributed by atoms with Gasteiger partial charge in [0.25, 0.3) is 0 Å². The second-order valence-electron chi connectivity index (χ2n) is 7.55. The number of hydrogen-bond donors (Lipinski definition) is 0. The molecule has 1 aromatic carbocycles. The third-order valence-electron chi connectivity index (χ3n) is 5.70. The van der Waals surface area contributed by atoms with Crippen molar-refractivity contribution in [2.45, 2.75) is 38.5 Å². The van der Waals surface area contributed by atoms with Crippen LogP contribution in [-0.2, 0) is 17.6 Å². The lowest BCUT2D eigenvalue weighted by molar-refractivity contribution is -0.131. The predicted octanol–water partition coefficient (Wildman–Crippen LogP) is 3.18. The zero-order chi connectivity index (χ0) is 20.9. The van der Waals surface area contributed by atoms with Crippen LogP contribution in [0.3, 0.4) is 0 Å². The number of aromatic nitrogens is 4. The van der Waals surface area contributed by atoms with Crippen LogP contribution in [0.4, 0.5) is 0 Å². The average molecular weight is 406 g/mol. The Balaban J connectivity index is 1.37. The van der Waals surface area contributed by atoms with Crippen molar-refractivity contribution in [2.75, 3.05) is 20.2 Å². The molecular weight excluding hydrogens is 378 g/mol. The van der Waals surface area contributed by atoms with Gasteiger partial charge in [0.2, 0.25) is 5.91 Å². The molecule has 0 bridgehead atoms. The monoisotopic (exact) mass is 405 g/mol. The first-order valence-electron chi connectivity index (χ1n) is 10.4. The van der Waals surface area contributed by atoms with E-state index in [1.54, 1.807) is 19.5 Å². The molecule has 7 heteroatoms. The van der Waals surface area contributed by atoms with E-state index in [0.29, 0.717) is 12.3 Å². The summed E-state index contributed by atoms with van der Waals surface area (Å²) in [6.45, 7) is 3.57. The highest BCUT2D eigenvalue weighted by Crippen LogP contribution is 2.27. The van der Waals surface area contributed by atoms with Gasteiger partial charge in [-0.1, -0.05) is 19.1 Å². The van der Waals surface area contributed by atoms with Crippen LogP contribution in [-0.4, -0.2) is 50.5 Å². The molecule has 1 aliphatic heterocycles. The molecule has 156 valence electrons. The van der Waals surface area contributed by atoms with E-state index in [-0.39, 0.29) is 5.91 Å². The Morgan fingerprint density at radius 2 is 1.93 bits per heavy atom. The van der Waals surface area contributed by atoms with Gasteiger partial charge in [0.15, 0.2) is 5.82 Å². The smallest absolute Gasteiger partial charge is 0.226 e. The first kappa shape index (κ1) is 20.1. The third-order valence-corrected chi connectivity index (χ3v) is 5.70. The number of methoxy groups -OCH3 is 1. The first-order chi connectivity index (χ1) is 14.7. The SMILES string of the molecule is CCc1nccn1-c1cncc(C2CCN(C(=O)Cc3ccc(OC)cc3)CC2)n1.